The van der Waals surface area contributed by atoms with E-state index in [1.165, 1.54) is 41.3 Å². The predicted molar refractivity (Wildman–Crippen MR) is 162 cm³/mol. The third kappa shape index (κ3) is 8.04. The van der Waals surface area contributed by atoms with Gasteiger partial charge in [0.25, 0.3) is 10.0 Å². The molecule has 0 fully saturated rings. The summed E-state index contributed by atoms with van der Waals surface area (Å²) >= 11 is 25.0. The number of halogens is 4. The first-order valence-electron chi connectivity index (χ1n) is 12.2. The number of nitrogens with zero attached hydrogens (tertiary/aromatic N) is 2. The molecule has 3 rings (SSSR count). The van der Waals surface area contributed by atoms with Crippen molar-refractivity contribution in [3.8, 4) is 0 Å². The first-order chi connectivity index (χ1) is 18.6. The average Bonchev–Trinajstić information content (AvgIpc) is 2.85. The lowest BCUT2D eigenvalue weighted by atomic mass is 10.1. The van der Waals surface area contributed by atoms with Gasteiger partial charge < -0.3 is 10.2 Å². The highest BCUT2D eigenvalue weighted by Crippen LogP contribution is 2.29. The molecule has 2 amide bonds. The van der Waals surface area contributed by atoms with Crippen molar-refractivity contribution >= 4 is 73.9 Å². The molecule has 0 aliphatic rings. The van der Waals surface area contributed by atoms with Gasteiger partial charge in [0.15, 0.2) is 0 Å². The SMILES string of the molecule is C[C@H](C(=O)NC(C)(C)C)N(Cc1c(Cl)cccc1Cl)C(=O)CN(c1cccc(Cl)c1)S(=O)(=O)c1ccc(Cl)cc1. The second kappa shape index (κ2) is 13.0. The van der Waals surface area contributed by atoms with Gasteiger partial charge in [-0.1, -0.05) is 58.5 Å². The molecule has 0 bridgehead atoms. The Morgan fingerprint density at radius 3 is 2.00 bits per heavy atom. The maximum Gasteiger partial charge on any atom is 0.264 e. The molecule has 214 valence electrons. The summed E-state index contributed by atoms with van der Waals surface area (Å²) in [5, 5.41) is 4.09. The van der Waals surface area contributed by atoms with Gasteiger partial charge in [0.1, 0.15) is 12.6 Å². The van der Waals surface area contributed by atoms with E-state index in [0.717, 1.165) is 4.31 Å². The maximum absolute atomic E-state index is 14.0. The fourth-order valence-electron chi connectivity index (χ4n) is 3.80. The number of carbonyl (C=O) groups excluding carboxylic acids is 2. The minimum Gasteiger partial charge on any atom is -0.350 e. The fraction of sp³-hybridized carbons (Fsp3) is 0.286. The summed E-state index contributed by atoms with van der Waals surface area (Å²) in [5.41, 5.74) is 0.00936. The monoisotopic (exact) mass is 643 g/mol. The van der Waals surface area contributed by atoms with E-state index < -0.39 is 40.0 Å². The number of nitrogens with one attached hydrogen (secondary N) is 1. The highest BCUT2D eigenvalue weighted by atomic mass is 35.5. The standard InChI is InChI=1S/C28H29Cl4N3O4S/c1-18(27(37)33-28(2,3)4)34(16-23-24(31)9-6-10-25(23)32)26(36)17-35(21-8-5-7-20(30)15-21)40(38,39)22-13-11-19(29)12-14-22/h5-15,18H,16-17H2,1-4H3,(H,33,37)/t18-/m1/s1. The van der Waals surface area contributed by atoms with Gasteiger partial charge in [-0.05, 0) is 82.3 Å². The van der Waals surface area contributed by atoms with Crippen LogP contribution in [0.5, 0.6) is 0 Å². The largest absolute Gasteiger partial charge is 0.350 e. The summed E-state index contributed by atoms with van der Waals surface area (Å²) in [4.78, 5) is 28.3. The van der Waals surface area contributed by atoms with Crippen molar-refractivity contribution in [1.82, 2.24) is 10.2 Å². The minimum absolute atomic E-state index is 0.0797. The van der Waals surface area contributed by atoms with Crippen LogP contribution in [0.15, 0.2) is 71.6 Å². The zero-order chi connectivity index (χ0) is 29.8. The lowest BCUT2D eigenvalue weighted by molar-refractivity contribution is -0.140. The van der Waals surface area contributed by atoms with Crippen molar-refractivity contribution in [2.45, 2.75) is 50.7 Å². The van der Waals surface area contributed by atoms with Crippen molar-refractivity contribution in [2.75, 3.05) is 10.8 Å². The molecular weight excluding hydrogens is 616 g/mol. The summed E-state index contributed by atoms with van der Waals surface area (Å²) in [6.07, 6.45) is 0. The Balaban J connectivity index is 2.08. The van der Waals surface area contributed by atoms with E-state index in [0.29, 0.717) is 20.6 Å². The Morgan fingerprint density at radius 1 is 0.875 bits per heavy atom. The normalized spacial score (nSPS) is 12.5. The Kier molecular flexibility index (Phi) is 10.4. The van der Waals surface area contributed by atoms with Gasteiger partial charge >= 0.3 is 0 Å². The molecule has 12 heteroatoms. The zero-order valence-corrected chi connectivity index (χ0v) is 26.1. The Hall–Kier alpha value is -2.49. The third-order valence-electron chi connectivity index (χ3n) is 5.83. The first-order valence-corrected chi connectivity index (χ1v) is 15.1. The van der Waals surface area contributed by atoms with E-state index in [-0.39, 0.29) is 22.2 Å². The quantitative estimate of drug-likeness (QED) is 0.277. The fourth-order valence-corrected chi connectivity index (χ4v) is 6.04. The van der Waals surface area contributed by atoms with Crippen LogP contribution in [0.1, 0.15) is 33.3 Å². The van der Waals surface area contributed by atoms with Gasteiger partial charge in [-0.3, -0.25) is 13.9 Å². The third-order valence-corrected chi connectivity index (χ3v) is 8.82. The van der Waals surface area contributed by atoms with Crippen molar-refractivity contribution in [2.24, 2.45) is 0 Å². The molecule has 1 N–H and O–H groups in total. The van der Waals surface area contributed by atoms with Gasteiger partial charge in [0.05, 0.1) is 10.6 Å². The summed E-state index contributed by atoms with van der Waals surface area (Å²) in [6.45, 7) is 6.22. The molecule has 0 unspecified atom stereocenters. The van der Waals surface area contributed by atoms with Crippen molar-refractivity contribution in [3.05, 3.63) is 92.4 Å². The molecule has 1 atom stereocenters. The Morgan fingerprint density at radius 2 is 1.45 bits per heavy atom. The highest BCUT2D eigenvalue weighted by molar-refractivity contribution is 7.92. The van der Waals surface area contributed by atoms with Crippen LogP contribution >= 0.6 is 46.4 Å². The zero-order valence-electron chi connectivity index (χ0n) is 22.3. The van der Waals surface area contributed by atoms with Crippen LogP contribution in [-0.4, -0.2) is 43.3 Å². The topological polar surface area (TPSA) is 86.8 Å². The highest BCUT2D eigenvalue weighted by Gasteiger charge is 2.34. The van der Waals surface area contributed by atoms with E-state index >= 15 is 0 Å². The Labute approximate surface area is 255 Å². The number of hydrogen-bond donors (Lipinski definition) is 1. The van der Waals surface area contributed by atoms with Gasteiger partial charge in [-0.15, -0.1) is 0 Å². The van der Waals surface area contributed by atoms with Gasteiger partial charge in [0.2, 0.25) is 11.8 Å². The lowest BCUT2D eigenvalue weighted by Gasteiger charge is -2.33. The van der Waals surface area contributed by atoms with Crippen molar-refractivity contribution in [1.29, 1.82) is 0 Å². The van der Waals surface area contributed by atoms with Crippen LogP contribution in [0.4, 0.5) is 5.69 Å². The summed E-state index contributed by atoms with van der Waals surface area (Å²) in [5.74, 6) is -1.09. The average molecular weight is 645 g/mol. The Bertz CT molecular complexity index is 1470. The maximum atomic E-state index is 14.0. The number of benzene rings is 3. The number of hydrogen-bond acceptors (Lipinski definition) is 4. The number of amides is 2. The predicted octanol–water partition coefficient (Wildman–Crippen LogP) is 6.83. The molecule has 0 spiro atoms. The van der Waals surface area contributed by atoms with Crippen LogP contribution in [0.3, 0.4) is 0 Å². The van der Waals surface area contributed by atoms with Gasteiger partial charge in [-0.2, -0.15) is 0 Å². The number of rotatable bonds is 9. The number of anilines is 1. The van der Waals surface area contributed by atoms with E-state index in [9.17, 15) is 18.0 Å². The summed E-state index contributed by atoms with van der Waals surface area (Å²) in [7, 11) is -4.26. The smallest absolute Gasteiger partial charge is 0.264 e. The van der Waals surface area contributed by atoms with Crippen LogP contribution in [0.25, 0.3) is 0 Å². The molecule has 40 heavy (non-hydrogen) atoms. The van der Waals surface area contributed by atoms with E-state index in [4.69, 9.17) is 46.4 Å². The summed E-state index contributed by atoms with van der Waals surface area (Å²) in [6, 6.07) is 15.6. The second-order valence-corrected chi connectivity index (χ2v) is 13.6. The van der Waals surface area contributed by atoms with Crippen LogP contribution in [0.2, 0.25) is 20.1 Å². The van der Waals surface area contributed by atoms with Gasteiger partial charge in [0, 0.05) is 37.7 Å². The van der Waals surface area contributed by atoms with Crippen LogP contribution in [0, 0.1) is 0 Å². The van der Waals surface area contributed by atoms with Crippen LogP contribution in [-0.2, 0) is 26.2 Å². The lowest BCUT2D eigenvalue weighted by Crippen LogP contribution is -2.54. The summed E-state index contributed by atoms with van der Waals surface area (Å²) < 4.78 is 28.6. The van der Waals surface area contributed by atoms with Crippen molar-refractivity contribution in [3.63, 3.8) is 0 Å². The van der Waals surface area contributed by atoms with Gasteiger partial charge in [-0.25, -0.2) is 8.42 Å². The van der Waals surface area contributed by atoms with E-state index in [1.54, 1.807) is 37.3 Å². The molecule has 3 aromatic rings. The molecule has 0 saturated carbocycles. The molecule has 7 nitrogen and oxygen atoms in total. The van der Waals surface area contributed by atoms with E-state index in [2.05, 4.69) is 5.32 Å². The number of carbonyl (C=O) groups is 2. The number of sulfonamides is 1. The molecule has 0 aromatic heterocycles. The second-order valence-electron chi connectivity index (χ2n) is 10.1. The van der Waals surface area contributed by atoms with Crippen molar-refractivity contribution < 1.29 is 18.0 Å². The molecule has 0 saturated heterocycles. The molecule has 3 aromatic carbocycles. The molecule has 0 radical (unpaired) electrons. The molecule has 0 heterocycles. The first kappa shape index (κ1) is 32.0. The molecule has 0 aliphatic carbocycles. The minimum atomic E-state index is -4.26. The molecular formula is C28H29Cl4N3O4S. The molecule has 0 aliphatic heterocycles. The van der Waals surface area contributed by atoms with Crippen LogP contribution < -0.4 is 9.62 Å². The van der Waals surface area contributed by atoms with E-state index in [1.807, 2.05) is 20.8 Å².